The minimum absolute atomic E-state index is 0.342. The summed E-state index contributed by atoms with van der Waals surface area (Å²) in [4.78, 5) is 10.9. The van der Waals surface area contributed by atoms with Crippen molar-refractivity contribution in [3.63, 3.8) is 0 Å². The summed E-state index contributed by atoms with van der Waals surface area (Å²) in [5, 5.41) is 2.61. The fourth-order valence-corrected chi connectivity index (χ4v) is 0.570. The highest BCUT2D eigenvalue weighted by atomic mass is 16.5. The van der Waals surface area contributed by atoms with Gasteiger partial charge in [0.1, 0.15) is 0 Å². The second-order valence-corrected chi connectivity index (χ2v) is 3.00. The highest BCUT2D eigenvalue weighted by Crippen LogP contribution is 1.92. The Morgan fingerprint density at radius 2 is 2.33 bits per heavy atom. The van der Waals surface area contributed by atoms with Crippen LogP contribution in [0.15, 0.2) is 12.7 Å². The first-order valence-corrected chi connectivity index (χ1v) is 4.18. The monoisotopic (exact) mass is 171 g/mol. The molecule has 3 heteroatoms. The Balaban J connectivity index is 3.27. The summed E-state index contributed by atoms with van der Waals surface area (Å²) in [6.07, 6.45) is 2.19. The number of nitrogens with one attached hydrogen (secondary N) is 1. The van der Waals surface area contributed by atoms with Crippen molar-refractivity contribution in [1.82, 2.24) is 5.32 Å². The Labute approximate surface area is 73.8 Å². The molecule has 0 bridgehead atoms. The predicted octanol–water partition coefficient (Wildman–Crippen LogP) is 1.94. The van der Waals surface area contributed by atoms with Gasteiger partial charge in [-0.1, -0.05) is 19.9 Å². The fraction of sp³-hybridized carbons (Fsp3) is 0.667. The van der Waals surface area contributed by atoms with Crippen molar-refractivity contribution < 1.29 is 9.53 Å². The smallest absolute Gasteiger partial charge is 0.407 e. The van der Waals surface area contributed by atoms with E-state index in [0.29, 0.717) is 19.1 Å². The number of carbonyl (C=O) groups excluding carboxylic acids is 1. The van der Waals surface area contributed by atoms with Gasteiger partial charge >= 0.3 is 6.09 Å². The minimum atomic E-state index is -0.342. The van der Waals surface area contributed by atoms with E-state index in [0.717, 1.165) is 6.42 Å². The van der Waals surface area contributed by atoms with E-state index < -0.39 is 0 Å². The third-order valence-electron chi connectivity index (χ3n) is 1.17. The third-order valence-corrected chi connectivity index (χ3v) is 1.17. The molecule has 0 aliphatic rings. The molecule has 0 radical (unpaired) electrons. The Hall–Kier alpha value is -0.990. The van der Waals surface area contributed by atoms with Gasteiger partial charge < -0.3 is 10.1 Å². The van der Waals surface area contributed by atoms with Gasteiger partial charge in [-0.25, -0.2) is 4.79 Å². The van der Waals surface area contributed by atoms with Crippen molar-refractivity contribution in [3.05, 3.63) is 12.7 Å². The van der Waals surface area contributed by atoms with Crippen molar-refractivity contribution in [2.75, 3.05) is 13.2 Å². The number of hydrogen-bond acceptors (Lipinski definition) is 2. The molecule has 0 aliphatic carbocycles. The Morgan fingerprint density at radius 1 is 1.67 bits per heavy atom. The first-order chi connectivity index (χ1) is 5.66. The standard InChI is InChI=1S/C9H17NO2/c1-4-5-6-10-9(11)12-7-8(2)3/h4,8H,1,5-7H2,2-3H3,(H,10,11). The molecule has 0 fully saturated rings. The van der Waals surface area contributed by atoms with Crippen molar-refractivity contribution in [1.29, 1.82) is 0 Å². The van der Waals surface area contributed by atoms with Crippen LogP contribution in [0.4, 0.5) is 4.79 Å². The molecule has 0 saturated heterocycles. The van der Waals surface area contributed by atoms with Gasteiger partial charge in [-0.2, -0.15) is 0 Å². The van der Waals surface area contributed by atoms with Crippen molar-refractivity contribution in [2.45, 2.75) is 20.3 Å². The maximum atomic E-state index is 10.9. The highest BCUT2D eigenvalue weighted by molar-refractivity contribution is 5.67. The fourth-order valence-electron chi connectivity index (χ4n) is 0.570. The lowest BCUT2D eigenvalue weighted by atomic mass is 10.2. The molecule has 0 spiro atoms. The van der Waals surface area contributed by atoms with Crippen LogP contribution in [0.2, 0.25) is 0 Å². The van der Waals surface area contributed by atoms with E-state index in [9.17, 15) is 4.79 Å². The molecule has 0 heterocycles. The zero-order valence-electron chi connectivity index (χ0n) is 7.80. The zero-order valence-corrected chi connectivity index (χ0v) is 7.80. The van der Waals surface area contributed by atoms with Crippen molar-refractivity contribution >= 4 is 6.09 Å². The SMILES string of the molecule is C=CCCNC(=O)OCC(C)C. The van der Waals surface area contributed by atoms with Crippen LogP contribution in [-0.2, 0) is 4.74 Å². The molecule has 0 aromatic heterocycles. The number of rotatable bonds is 5. The molecule has 0 aliphatic heterocycles. The lowest BCUT2D eigenvalue weighted by Gasteiger charge is -2.07. The minimum Gasteiger partial charge on any atom is -0.449 e. The molecule has 1 amide bonds. The third kappa shape index (κ3) is 7.12. The van der Waals surface area contributed by atoms with Gasteiger partial charge in [-0.05, 0) is 12.3 Å². The number of carbonyl (C=O) groups is 1. The highest BCUT2D eigenvalue weighted by Gasteiger charge is 2.01. The molecule has 1 N–H and O–H groups in total. The first kappa shape index (κ1) is 11.0. The van der Waals surface area contributed by atoms with Gasteiger partial charge in [-0.15, -0.1) is 6.58 Å². The number of hydrogen-bond donors (Lipinski definition) is 1. The van der Waals surface area contributed by atoms with Gasteiger partial charge in [0.05, 0.1) is 6.61 Å². The molecule has 12 heavy (non-hydrogen) atoms. The predicted molar refractivity (Wildman–Crippen MR) is 49.0 cm³/mol. The topological polar surface area (TPSA) is 38.3 Å². The van der Waals surface area contributed by atoms with Crippen LogP contribution in [0, 0.1) is 5.92 Å². The van der Waals surface area contributed by atoms with Gasteiger partial charge in [0.2, 0.25) is 0 Å². The van der Waals surface area contributed by atoms with Crippen LogP contribution in [0.25, 0.3) is 0 Å². The second kappa shape index (κ2) is 6.70. The number of amides is 1. The van der Waals surface area contributed by atoms with E-state index in [1.165, 1.54) is 0 Å². The molecular weight excluding hydrogens is 154 g/mol. The van der Waals surface area contributed by atoms with E-state index in [1.807, 2.05) is 13.8 Å². The van der Waals surface area contributed by atoms with E-state index >= 15 is 0 Å². The maximum Gasteiger partial charge on any atom is 0.407 e. The van der Waals surface area contributed by atoms with Crippen molar-refractivity contribution in [2.24, 2.45) is 5.92 Å². The molecule has 0 aromatic carbocycles. The summed E-state index contributed by atoms with van der Waals surface area (Å²) in [5.74, 6) is 0.384. The van der Waals surface area contributed by atoms with E-state index in [4.69, 9.17) is 4.74 Å². The van der Waals surface area contributed by atoms with Gasteiger partial charge in [0, 0.05) is 6.54 Å². The average Bonchev–Trinajstić information content (AvgIpc) is 2.01. The molecule has 0 unspecified atom stereocenters. The lowest BCUT2D eigenvalue weighted by Crippen LogP contribution is -2.26. The van der Waals surface area contributed by atoms with E-state index in [2.05, 4.69) is 11.9 Å². The van der Waals surface area contributed by atoms with Crippen LogP contribution < -0.4 is 5.32 Å². The van der Waals surface area contributed by atoms with Crippen LogP contribution in [0.3, 0.4) is 0 Å². The zero-order chi connectivity index (χ0) is 9.40. The van der Waals surface area contributed by atoms with E-state index in [-0.39, 0.29) is 6.09 Å². The largest absolute Gasteiger partial charge is 0.449 e. The van der Waals surface area contributed by atoms with Crippen LogP contribution in [0.5, 0.6) is 0 Å². The summed E-state index contributed by atoms with van der Waals surface area (Å²) in [5.41, 5.74) is 0. The van der Waals surface area contributed by atoms with Crippen molar-refractivity contribution in [3.8, 4) is 0 Å². The van der Waals surface area contributed by atoms with Gasteiger partial charge in [0.15, 0.2) is 0 Å². The summed E-state index contributed by atoms with van der Waals surface area (Å²) in [6, 6.07) is 0. The molecule has 3 nitrogen and oxygen atoms in total. The second-order valence-electron chi connectivity index (χ2n) is 3.00. The Bertz CT molecular complexity index is 143. The van der Waals surface area contributed by atoms with Crippen LogP contribution in [-0.4, -0.2) is 19.2 Å². The maximum absolute atomic E-state index is 10.9. The quantitative estimate of drug-likeness (QED) is 0.507. The number of alkyl carbamates (subject to hydrolysis) is 1. The molecule has 0 saturated carbocycles. The number of ether oxygens (including phenoxy) is 1. The summed E-state index contributed by atoms with van der Waals surface area (Å²) in [7, 11) is 0. The van der Waals surface area contributed by atoms with Crippen LogP contribution >= 0.6 is 0 Å². The molecule has 0 atom stereocenters. The van der Waals surface area contributed by atoms with Crippen LogP contribution in [0.1, 0.15) is 20.3 Å². The summed E-state index contributed by atoms with van der Waals surface area (Å²) >= 11 is 0. The van der Waals surface area contributed by atoms with Gasteiger partial charge in [-0.3, -0.25) is 0 Å². The molecule has 0 rings (SSSR count). The Morgan fingerprint density at radius 3 is 2.83 bits per heavy atom. The summed E-state index contributed by atoms with van der Waals surface area (Å²) in [6.45, 7) is 8.60. The average molecular weight is 171 g/mol. The Kier molecular flexibility index (Phi) is 6.15. The normalized spacial score (nSPS) is 9.58. The van der Waals surface area contributed by atoms with E-state index in [1.54, 1.807) is 6.08 Å². The molecular formula is C9H17NO2. The molecule has 70 valence electrons. The van der Waals surface area contributed by atoms with Gasteiger partial charge in [0.25, 0.3) is 0 Å². The first-order valence-electron chi connectivity index (χ1n) is 4.18. The lowest BCUT2D eigenvalue weighted by molar-refractivity contribution is 0.133. The molecule has 0 aromatic rings. The summed E-state index contributed by atoms with van der Waals surface area (Å²) < 4.78 is 4.87.